The van der Waals surface area contributed by atoms with Crippen LogP contribution in [0.4, 0.5) is 26.3 Å². The predicted octanol–water partition coefficient (Wildman–Crippen LogP) is 8.08. The van der Waals surface area contributed by atoms with Gasteiger partial charge in [-0.05, 0) is 65.2 Å². The van der Waals surface area contributed by atoms with Crippen LogP contribution in [-0.2, 0) is 61.0 Å². The molecule has 0 N–H and O–H groups in total. The molecule has 366 valence electrons. The lowest BCUT2D eigenvalue weighted by atomic mass is 9.95. The Balaban J connectivity index is 0.803. The van der Waals surface area contributed by atoms with Crippen molar-refractivity contribution in [1.82, 2.24) is 10.1 Å². The fraction of sp³-hybridized carbons (Fsp3) is 0.279. The van der Waals surface area contributed by atoms with Crippen LogP contribution < -0.4 is 0 Å². The Morgan fingerprint density at radius 2 is 1.03 bits per heavy atom. The number of thioether (sulfide) groups is 2. The van der Waals surface area contributed by atoms with Crippen molar-refractivity contribution in [2.75, 3.05) is 24.7 Å². The molecular weight excluding hydrogens is 1010 g/mol. The number of hydrogen-bond donors (Lipinski definition) is 0. The fourth-order valence-electron chi connectivity index (χ4n) is 6.87. The highest BCUT2D eigenvalue weighted by atomic mass is 32.2. The first-order valence-corrected chi connectivity index (χ1v) is 24.9. The molecule has 0 aromatic heterocycles. The van der Waals surface area contributed by atoms with Crippen LogP contribution in [0.25, 0.3) is 21.5 Å². The molecule has 26 heteroatoms. The van der Waals surface area contributed by atoms with Crippen molar-refractivity contribution >= 4 is 94.9 Å². The van der Waals surface area contributed by atoms with Crippen LogP contribution in [0.3, 0.4) is 0 Å². The number of imide groups is 2. The zero-order chi connectivity index (χ0) is 50.1. The third-order valence-electron chi connectivity index (χ3n) is 10.2. The minimum Gasteiger partial charge on any atom is -0.466 e. The third kappa shape index (κ3) is 11.1. The lowest BCUT2D eigenvalue weighted by molar-refractivity contribution is -0.144. The number of alkyl halides is 6. The van der Waals surface area contributed by atoms with Gasteiger partial charge < -0.3 is 14.2 Å². The van der Waals surface area contributed by atoms with Gasteiger partial charge in [-0.3, -0.25) is 24.0 Å². The van der Waals surface area contributed by atoms with Gasteiger partial charge in [0.2, 0.25) is 0 Å². The molecule has 5 aromatic carbocycles. The molecule has 2 aliphatic heterocycles. The second kappa shape index (κ2) is 20.4. The monoisotopic (exact) mass is 1040 g/mol. The van der Waals surface area contributed by atoms with Crippen molar-refractivity contribution < 1.29 is 89.9 Å². The summed E-state index contributed by atoms with van der Waals surface area (Å²) in [5.74, 6) is -5.35. The van der Waals surface area contributed by atoms with Crippen molar-refractivity contribution in [2.45, 2.75) is 59.9 Å². The molecule has 0 fully saturated rings. The molecule has 0 saturated carbocycles. The van der Waals surface area contributed by atoms with E-state index in [0.29, 0.717) is 39.3 Å². The fourth-order valence-corrected chi connectivity index (χ4v) is 9.59. The molecule has 0 spiro atoms. The highest BCUT2D eigenvalue weighted by Gasteiger charge is 2.53. The van der Waals surface area contributed by atoms with E-state index in [1.807, 2.05) is 31.2 Å². The average Bonchev–Trinajstić information content (AvgIpc) is 3.29. The molecule has 7 rings (SSSR count). The first-order valence-electron chi connectivity index (χ1n) is 20.1. The van der Waals surface area contributed by atoms with E-state index in [0.717, 1.165) is 11.1 Å². The van der Waals surface area contributed by atoms with Gasteiger partial charge in [0.15, 0.2) is 0 Å². The second-order valence-corrected chi connectivity index (χ2v) is 20.2. The van der Waals surface area contributed by atoms with Gasteiger partial charge in [-0.15, -0.1) is 42.2 Å². The number of carbonyl (C=O) groups is 5. The lowest BCUT2D eigenvalue weighted by Gasteiger charge is -2.26. The van der Waals surface area contributed by atoms with E-state index < -0.39 is 71.0 Å². The number of halogens is 6. The Hall–Kier alpha value is -5.61. The van der Waals surface area contributed by atoms with Crippen LogP contribution in [0.15, 0.2) is 94.7 Å². The Morgan fingerprint density at radius 3 is 1.49 bits per heavy atom. The predicted molar refractivity (Wildman–Crippen MR) is 233 cm³/mol. The summed E-state index contributed by atoms with van der Waals surface area (Å²) in [4.78, 5) is 65.4. The summed E-state index contributed by atoms with van der Waals surface area (Å²) in [6.45, 7) is 2.74. The Bertz CT molecular complexity index is 3050. The van der Waals surface area contributed by atoms with E-state index in [1.54, 1.807) is 12.1 Å². The van der Waals surface area contributed by atoms with E-state index >= 15 is 0 Å². The first-order chi connectivity index (χ1) is 32.5. The van der Waals surface area contributed by atoms with Gasteiger partial charge in [0, 0.05) is 38.5 Å². The van der Waals surface area contributed by atoms with E-state index in [1.165, 1.54) is 72.1 Å². The van der Waals surface area contributed by atoms with Gasteiger partial charge in [0.1, 0.15) is 0 Å². The van der Waals surface area contributed by atoms with Gasteiger partial charge in [-0.25, -0.2) is 0 Å². The van der Waals surface area contributed by atoms with E-state index in [9.17, 15) is 67.2 Å². The van der Waals surface area contributed by atoms with Crippen LogP contribution in [0.5, 0.6) is 0 Å². The molecule has 16 nitrogen and oxygen atoms in total. The third-order valence-corrected chi connectivity index (χ3v) is 14.2. The largest absolute Gasteiger partial charge is 0.525 e. The molecule has 4 amide bonds. The topological polar surface area (TPSA) is 206 Å². The molecule has 0 aliphatic carbocycles. The molecule has 5 aromatic rings. The summed E-state index contributed by atoms with van der Waals surface area (Å²) in [6, 6.07) is 21.4. The number of esters is 1. The summed E-state index contributed by atoms with van der Waals surface area (Å²) in [5, 5.41) is 0.230. The van der Waals surface area contributed by atoms with Gasteiger partial charge in [0.05, 0.1) is 61.2 Å². The molecule has 0 radical (unpaired) electrons. The number of nitrogens with zero attached hydrogens (tertiary/aromatic N) is 2. The van der Waals surface area contributed by atoms with Crippen molar-refractivity contribution in [2.24, 2.45) is 0 Å². The maximum absolute atomic E-state index is 12.9. The summed E-state index contributed by atoms with van der Waals surface area (Å²) in [6.07, 6.45) is 0.105. The molecule has 1 unspecified atom stereocenters. The van der Waals surface area contributed by atoms with Gasteiger partial charge in [-0.2, -0.15) is 43.2 Å². The smallest absolute Gasteiger partial charge is 0.466 e. The normalized spacial score (nSPS) is 14.8. The van der Waals surface area contributed by atoms with Crippen LogP contribution in [0.2, 0.25) is 0 Å². The lowest BCUT2D eigenvalue weighted by Crippen LogP contribution is -2.44. The molecule has 2 aliphatic rings. The summed E-state index contributed by atoms with van der Waals surface area (Å²) >= 11 is 2.54. The van der Waals surface area contributed by atoms with Crippen molar-refractivity contribution in [3.63, 3.8) is 0 Å². The minimum absolute atomic E-state index is 0.0138. The number of carbonyl (C=O) groups excluding carboxylic acids is 5. The molecule has 0 saturated heterocycles. The van der Waals surface area contributed by atoms with Crippen molar-refractivity contribution in [3.8, 4) is 0 Å². The second-order valence-electron chi connectivity index (χ2n) is 14.9. The Labute approximate surface area is 396 Å². The van der Waals surface area contributed by atoms with Crippen molar-refractivity contribution in [1.29, 1.82) is 0 Å². The minimum atomic E-state index is -6.32. The summed E-state index contributed by atoms with van der Waals surface area (Å²) < 4.78 is 149. The van der Waals surface area contributed by atoms with Gasteiger partial charge in [0.25, 0.3) is 23.6 Å². The molecule has 0 bridgehead atoms. The first kappa shape index (κ1) is 51.2. The van der Waals surface area contributed by atoms with E-state index in [4.69, 9.17) is 14.2 Å². The number of rotatable bonds is 20. The highest BCUT2D eigenvalue weighted by molar-refractivity contribution is 7.99. The maximum Gasteiger partial charge on any atom is 0.525 e. The Morgan fingerprint density at radius 1 is 0.594 bits per heavy atom. The molecular formula is C43H34F6N2O14S4. The molecule has 1 atom stereocenters. The van der Waals surface area contributed by atoms with Gasteiger partial charge in [-0.1, -0.05) is 48.5 Å². The number of ether oxygens (including phenoxy) is 3. The molecule has 2 heterocycles. The molecule has 69 heavy (non-hydrogen) atoms. The number of amides is 4. The van der Waals surface area contributed by atoms with E-state index in [2.05, 4.69) is 8.57 Å². The maximum atomic E-state index is 12.9. The summed E-state index contributed by atoms with van der Waals surface area (Å²) in [5.41, 5.74) is -10.9. The number of benzene rings is 5. The highest BCUT2D eigenvalue weighted by Crippen LogP contribution is 2.39. The standard InChI is InChI=1S/C43H34F6N2O14S4/c1-24(16-18-62-35(52)17-20-66-33-14-12-31-36-27(33)4-2-6-29(36)38(53)50(40(31)55)64-68(57,58)42(44,45)46)63-23-26-10-8-25(9-11-26)22-61-19-21-67-34-15-13-32-37-28(34)5-3-7-30(37)39(54)51(41(32)56)65-69(59,60)43(47,48)49/h2-15,24H,16-23H2,1H3. The average molecular weight is 1050 g/mol. The van der Waals surface area contributed by atoms with Crippen LogP contribution >= 0.6 is 23.5 Å². The zero-order valence-electron chi connectivity index (χ0n) is 35.3. The van der Waals surface area contributed by atoms with Crippen molar-refractivity contribution in [3.05, 3.63) is 118 Å². The van der Waals surface area contributed by atoms with Crippen LogP contribution in [0.1, 0.15) is 72.3 Å². The SMILES string of the molecule is CC(CCOC(=O)CCSc1ccc2c3c(cccc13)C(=O)N(OS(=O)(=O)C(F)(F)F)C2=O)OCc1ccc(COCCSc2ccc3c4c(cccc24)C(=O)N(OS(=O)(=O)C(F)(F)F)C3=O)cc1. The van der Waals surface area contributed by atoms with Crippen LogP contribution in [-0.4, -0.2) is 98.4 Å². The number of hydroxylamine groups is 4. The quantitative estimate of drug-likeness (QED) is 0.0180. The summed E-state index contributed by atoms with van der Waals surface area (Å²) in [7, 11) is -12.6. The number of hydrogen-bond acceptors (Lipinski definition) is 16. The van der Waals surface area contributed by atoms with E-state index in [-0.39, 0.29) is 71.1 Å². The van der Waals surface area contributed by atoms with Crippen LogP contribution in [0, 0.1) is 0 Å². The Kier molecular flexibility index (Phi) is 15.1. The van der Waals surface area contributed by atoms with Gasteiger partial charge >= 0.3 is 37.2 Å². The zero-order valence-corrected chi connectivity index (χ0v) is 38.6.